The van der Waals surface area contributed by atoms with Gasteiger partial charge in [0.25, 0.3) is 0 Å². The largest absolute Gasteiger partial charge is 0.382 e. The zero-order valence-corrected chi connectivity index (χ0v) is 17.6. The molecule has 0 bridgehead atoms. The van der Waals surface area contributed by atoms with Gasteiger partial charge in [-0.25, -0.2) is 0 Å². The summed E-state index contributed by atoms with van der Waals surface area (Å²) < 4.78 is 11.3. The molecule has 3 aliphatic rings. The van der Waals surface area contributed by atoms with Gasteiger partial charge in [-0.1, -0.05) is 0 Å². The Morgan fingerprint density at radius 3 is 2.54 bits per heavy atom. The van der Waals surface area contributed by atoms with Crippen molar-refractivity contribution >= 4 is 11.4 Å². The first kappa shape index (κ1) is 20.0. The van der Waals surface area contributed by atoms with Gasteiger partial charge in [0.2, 0.25) is 0 Å². The molecule has 1 aromatic rings. The molecule has 3 N–H and O–H groups in total. The molecule has 2 saturated carbocycles. The van der Waals surface area contributed by atoms with E-state index in [1.807, 2.05) is 6.92 Å². The van der Waals surface area contributed by atoms with Gasteiger partial charge in [0.1, 0.15) is 0 Å². The normalized spacial score (nSPS) is 30.2. The number of piperidine rings is 1. The lowest BCUT2D eigenvalue weighted by Crippen LogP contribution is -2.57. The molecule has 1 heterocycles. The van der Waals surface area contributed by atoms with Crippen molar-refractivity contribution in [1.29, 1.82) is 0 Å². The fourth-order valence-electron chi connectivity index (χ4n) is 5.40. The lowest BCUT2D eigenvalue weighted by atomic mass is 9.52. The second kappa shape index (κ2) is 8.60. The van der Waals surface area contributed by atoms with Crippen LogP contribution in [0.2, 0.25) is 0 Å². The Labute approximate surface area is 169 Å². The minimum absolute atomic E-state index is 0.379. The lowest BCUT2D eigenvalue weighted by molar-refractivity contribution is -0.00230. The zero-order chi connectivity index (χ0) is 19.6. The molecule has 28 heavy (non-hydrogen) atoms. The summed E-state index contributed by atoms with van der Waals surface area (Å²) in [7, 11) is 0. The number of ether oxygens (including phenoxy) is 2. The van der Waals surface area contributed by atoms with Crippen LogP contribution >= 0.6 is 0 Å². The Hall–Kier alpha value is -1.30. The van der Waals surface area contributed by atoms with Crippen LogP contribution in [0.5, 0.6) is 0 Å². The summed E-state index contributed by atoms with van der Waals surface area (Å²) in [4.78, 5) is 2.49. The van der Waals surface area contributed by atoms with Gasteiger partial charge < -0.3 is 25.4 Å². The van der Waals surface area contributed by atoms with E-state index >= 15 is 0 Å². The molecule has 4 rings (SSSR count). The quantitative estimate of drug-likeness (QED) is 0.666. The maximum absolute atomic E-state index is 5.98. The summed E-state index contributed by atoms with van der Waals surface area (Å²) in [6.07, 6.45) is 7.61. The third-order valence-corrected chi connectivity index (χ3v) is 6.91. The summed E-state index contributed by atoms with van der Waals surface area (Å²) in [5, 5.41) is 3.76. The maximum atomic E-state index is 5.98. The molecule has 1 aromatic carbocycles. The molecule has 156 valence electrons. The molecule has 5 heteroatoms. The molecule has 2 aliphatic carbocycles. The van der Waals surface area contributed by atoms with E-state index in [4.69, 9.17) is 15.2 Å². The van der Waals surface area contributed by atoms with Gasteiger partial charge in [-0.3, -0.25) is 0 Å². The fraction of sp³-hybridized carbons (Fsp3) is 0.739. The molecule has 5 nitrogen and oxygen atoms in total. The van der Waals surface area contributed by atoms with E-state index in [9.17, 15) is 0 Å². The maximum Gasteiger partial charge on any atom is 0.0704 e. The van der Waals surface area contributed by atoms with Gasteiger partial charge in [-0.05, 0) is 81.5 Å². The molecular weight excluding hydrogens is 350 g/mol. The fourth-order valence-corrected chi connectivity index (χ4v) is 5.40. The van der Waals surface area contributed by atoms with E-state index in [-0.39, 0.29) is 0 Å². The standard InChI is InChI=1S/C23H37N3O2/c1-3-27-10-11-28-21-6-8-26(9-7-21)20-4-5-22(17(2)12-20)25-19-15-23(16-19)13-18(24)14-23/h4-5,12,18-19,21,25H,3,6-11,13-16,24H2,1-2H3. The first-order chi connectivity index (χ1) is 13.6. The average Bonchev–Trinajstić information content (AvgIpc) is 2.64. The van der Waals surface area contributed by atoms with Gasteiger partial charge in [-0.15, -0.1) is 0 Å². The van der Waals surface area contributed by atoms with Crippen molar-refractivity contribution < 1.29 is 9.47 Å². The Bertz CT molecular complexity index is 643. The minimum atomic E-state index is 0.379. The SMILES string of the molecule is CCOCCOC1CCN(c2ccc(NC3CC4(CC(N)C4)C3)c(C)c2)CC1. The number of rotatable bonds is 8. The molecule has 0 atom stereocenters. The van der Waals surface area contributed by atoms with Crippen molar-refractivity contribution in [3.05, 3.63) is 23.8 Å². The first-order valence-electron chi connectivity index (χ1n) is 11.1. The van der Waals surface area contributed by atoms with Crippen LogP contribution in [0, 0.1) is 12.3 Å². The number of hydrogen-bond donors (Lipinski definition) is 2. The van der Waals surface area contributed by atoms with Crippen LogP contribution < -0.4 is 16.0 Å². The topological polar surface area (TPSA) is 59.8 Å². The Kier molecular flexibility index (Phi) is 6.14. The van der Waals surface area contributed by atoms with Crippen LogP contribution in [0.1, 0.15) is 51.0 Å². The lowest BCUT2D eigenvalue weighted by Gasteiger charge is -2.57. The molecule has 3 fully saturated rings. The highest BCUT2D eigenvalue weighted by molar-refractivity contribution is 5.61. The third kappa shape index (κ3) is 4.47. The Morgan fingerprint density at radius 1 is 1.14 bits per heavy atom. The van der Waals surface area contributed by atoms with E-state index < -0.39 is 0 Å². The number of aryl methyl sites for hydroxylation is 1. The summed E-state index contributed by atoms with van der Waals surface area (Å²) in [6.45, 7) is 8.57. The third-order valence-electron chi connectivity index (χ3n) is 6.91. The van der Waals surface area contributed by atoms with Crippen LogP contribution in [0.15, 0.2) is 18.2 Å². The molecule has 0 unspecified atom stereocenters. The van der Waals surface area contributed by atoms with Crippen molar-refractivity contribution in [2.45, 2.75) is 70.6 Å². The van der Waals surface area contributed by atoms with E-state index in [0.717, 1.165) is 32.5 Å². The highest BCUT2D eigenvalue weighted by atomic mass is 16.5. The Balaban J connectivity index is 1.22. The van der Waals surface area contributed by atoms with Gasteiger partial charge in [0, 0.05) is 43.2 Å². The van der Waals surface area contributed by atoms with E-state index in [1.165, 1.54) is 42.6 Å². The number of nitrogens with one attached hydrogen (secondary N) is 1. The first-order valence-corrected chi connectivity index (χ1v) is 11.1. The molecule has 0 aromatic heterocycles. The van der Waals surface area contributed by atoms with Gasteiger partial charge in [0.15, 0.2) is 0 Å². The second-order valence-electron chi connectivity index (χ2n) is 9.17. The Morgan fingerprint density at radius 2 is 1.89 bits per heavy atom. The predicted molar refractivity (Wildman–Crippen MR) is 115 cm³/mol. The summed E-state index contributed by atoms with van der Waals surface area (Å²) in [6, 6.07) is 7.97. The van der Waals surface area contributed by atoms with Crippen molar-refractivity contribution in [2.75, 3.05) is 43.1 Å². The number of anilines is 2. The van der Waals surface area contributed by atoms with E-state index in [0.29, 0.717) is 36.8 Å². The van der Waals surface area contributed by atoms with Crippen LogP contribution in [-0.4, -0.2) is 51.1 Å². The number of benzene rings is 1. The van der Waals surface area contributed by atoms with Crippen molar-refractivity contribution in [3.63, 3.8) is 0 Å². The highest BCUT2D eigenvalue weighted by Gasteiger charge is 2.51. The molecule has 1 aliphatic heterocycles. The summed E-state index contributed by atoms with van der Waals surface area (Å²) in [5.41, 5.74) is 10.5. The van der Waals surface area contributed by atoms with Gasteiger partial charge >= 0.3 is 0 Å². The van der Waals surface area contributed by atoms with Crippen molar-refractivity contribution in [2.24, 2.45) is 11.1 Å². The van der Waals surface area contributed by atoms with Crippen LogP contribution in [-0.2, 0) is 9.47 Å². The second-order valence-corrected chi connectivity index (χ2v) is 9.17. The number of nitrogens with two attached hydrogens (primary N) is 1. The molecule has 1 spiro atoms. The average molecular weight is 388 g/mol. The van der Waals surface area contributed by atoms with Gasteiger partial charge in [-0.2, -0.15) is 0 Å². The highest BCUT2D eigenvalue weighted by Crippen LogP contribution is 2.56. The molecule has 0 amide bonds. The van der Waals surface area contributed by atoms with Crippen LogP contribution in [0.4, 0.5) is 11.4 Å². The smallest absolute Gasteiger partial charge is 0.0704 e. The van der Waals surface area contributed by atoms with E-state index in [1.54, 1.807) is 0 Å². The molecule has 1 saturated heterocycles. The molecular formula is C23H37N3O2. The summed E-state index contributed by atoms with van der Waals surface area (Å²) in [5.74, 6) is 0. The van der Waals surface area contributed by atoms with E-state index in [2.05, 4.69) is 35.3 Å². The van der Waals surface area contributed by atoms with Crippen LogP contribution in [0.25, 0.3) is 0 Å². The van der Waals surface area contributed by atoms with Crippen molar-refractivity contribution in [1.82, 2.24) is 0 Å². The monoisotopic (exact) mass is 387 g/mol. The molecule has 0 radical (unpaired) electrons. The zero-order valence-electron chi connectivity index (χ0n) is 17.6. The van der Waals surface area contributed by atoms with Crippen molar-refractivity contribution in [3.8, 4) is 0 Å². The van der Waals surface area contributed by atoms with Gasteiger partial charge in [0.05, 0.1) is 19.3 Å². The summed E-state index contributed by atoms with van der Waals surface area (Å²) >= 11 is 0. The number of hydrogen-bond acceptors (Lipinski definition) is 5. The number of nitrogens with zero attached hydrogens (tertiary/aromatic N) is 1. The predicted octanol–water partition coefficient (Wildman–Crippen LogP) is 3.70. The minimum Gasteiger partial charge on any atom is -0.382 e. The van der Waals surface area contributed by atoms with Crippen LogP contribution in [0.3, 0.4) is 0 Å².